The van der Waals surface area contributed by atoms with E-state index in [9.17, 15) is 0 Å². The van der Waals surface area contributed by atoms with Gasteiger partial charge in [-0.3, -0.25) is 0 Å². The second-order valence-electron chi connectivity index (χ2n) is 9.29. The summed E-state index contributed by atoms with van der Waals surface area (Å²) in [6, 6.07) is 9.19. The Morgan fingerprint density at radius 2 is 1.60 bits per heavy atom. The number of allylic oxidation sites excluding steroid dienone is 13. The zero-order valence-corrected chi connectivity index (χ0v) is 26.2. The van der Waals surface area contributed by atoms with Crippen LogP contribution in [0, 0.1) is 0 Å². The number of hydrogen-bond acceptors (Lipinski definition) is 1. The second kappa shape index (κ2) is 22.0. The molecule has 2 unspecified atom stereocenters. The first-order valence-corrected chi connectivity index (χ1v) is 14.4. The minimum atomic E-state index is 0.190. The third kappa shape index (κ3) is 13.3. The molecule has 0 radical (unpaired) electrons. The van der Waals surface area contributed by atoms with Crippen molar-refractivity contribution in [3.8, 4) is 0 Å². The quantitative estimate of drug-likeness (QED) is 0.190. The molecular formula is C39H53N. The Labute approximate surface area is 247 Å². The lowest BCUT2D eigenvalue weighted by Gasteiger charge is -2.41. The zero-order chi connectivity index (χ0) is 30.3. The Bertz CT molecular complexity index is 1130. The van der Waals surface area contributed by atoms with Gasteiger partial charge in [0.2, 0.25) is 0 Å². The molecule has 2 rings (SSSR count). The fourth-order valence-electron chi connectivity index (χ4n) is 4.28. The topological polar surface area (TPSA) is 3.24 Å². The Kier molecular flexibility index (Phi) is 19.9. The summed E-state index contributed by atoms with van der Waals surface area (Å²) in [5.41, 5.74) is 7.09. The molecule has 0 spiro atoms. The molecule has 1 aromatic carbocycles. The van der Waals surface area contributed by atoms with Gasteiger partial charge in [0.1, 0.15) is 0 Å². The summed E-state index contributed by atoms with van der Waals surface area (Å²) < 4.78 is 0. The predicted molar refractivity (Wildman–Crippen MR) is 184 cm³/mol. The fraction of sp³-hybridized carbons (Fsp3) is 0.282. The molecule has 1 aromatic rings. The third-order valence-corrected chi connectivity index (χ3v) is 6.00. The molecule has 0 saturated carbocycles. The predicted octanol–water partition coefficient (Wildman–Crippen LogP) is 11.3. The van der Waals surface area contributed by atoms with Crippen LogP contribution >= 0.6 is 0 Å². The SMILES string of the molecule is C=C(C)/C=C/C.C=C/C=C/C=C(\C=C/C)N(C(/C=C\C)Cc1ccc(C(=C)C)cc1)C1CC=CC=C1C=C.CC. The molecule has 40 heavy (non-hydrogen) atoms. The summed E-state index contributed by atoms with van der Waals surface area (Å²) in [5, 5.41) is 0. The molecule has 0 bridgehead atoms. The number of rotatable bonds is 12. The normalized spacial score (nSPS) is 15.7. The summed E-state index contributed by atoms with van der Waals surface area (Å²) in [6.07, 6.45) is 31.1. The highest BCUT2D eigenvalue weighted by atomic mass is 15.2. The maximum atomic E-state index is 4.09. The van der Waals surface area contributed by atoms with E-state index in [1.54, 1.807) is 6.08 Å². The largest absolute Gasteiger partial charge is 0.357 e. The van der Waals surface area contributed by atoms with Crippen LogP contribution in [0.3, 0.4) is 0 Å². The van der Waals surface area contributed by atoms with Gasteiger partial charge in [0, 0.05) is 5.70 Å². The van der Waals surface area contributed by atoms with Crippen molar-refractivity contribution in [3.63, 3.8) is 0 Å². The van der Waals surface area contributed by atoms with Crippen LogP contribution in [0.15, 0.2) is 152 Å². The lowest BCUT2D eigenvalue weighted by atomic mass is 9.92. The standard InChI is InChI=1S/C31H37N.C6H10.C2H6/c1-7-11-12-18-29(15-8-2)32(31-19-14-13-17-27(31)10-4)30(16-9-3)24-26-20-22-28(23-21-26)25(5)6;1-4-5-6(2)3;1-2/h7-18,20-23,30-31H,1,4-5,19,24H2,2-3,6H3;4-5H,2H2,1,3H3;1-2H3/b12-11+,15-8-,16-9-,29-18+;5-4+;. The molecule has 0 fully saturated rings. The fourth-order valence-corrected chi connectivity index (χ4v) is 4.28. The summed E-state index contributed by atoms with van der Waals surface area (Å²) in [7, 11) is 0. The van der Waals surface area contributed by atoms with E-state index in [1.807, 2.05) is 58.9 Å². The third-order valence-electron chi connectivity index (χ3n) is 6.00. The lowest BCUT2D eigenvalue weighted by Crippen LogP contribution is -2.43. The van der Waals surface area contributed by atoms with E-state index >= 15 is 0 Å². The van der Waals surface area contributed by atoms with Crippen LogP contribution in [0.25, 0.3) is 5.57 Å². The van der Waals surface area contributed by atoms with Gasteiger partial charge >= 0.3 is 0 Å². The molecule has 1 heteroatoms. The van der Waals surface area contributed by atoms with Crippen LogP contribution < -0.4 is 0 Å². The molecule has 214 valence electrons. The molecule has 0 aromatic heterocycles. The molecule has 0 aliphatic heterocycles. The van der Waals surface area contributed by atoms with E-state index in [2.05, 4.69) is 124 Å². The molecular weight excluding hydrogens is 482 g/mol. The summed E-state index contributed by atoms with van der Waals surface area (Å²) in [5.74, 6) is 0. The number of benzene rings is 1. The van der Waals surface area contributed by atoms with Crippen molar-refractivity contribution < 1.29 is 0 Å². The van der Waals surface area contributed by atoms with Crippen molar-refractivity contribution in [2.75, 3.05) is 0 Å². The van der Waals surface area contributed by atoms with Crippen LogP contribution in [0.4, 0.5) is 0 Å². The number of hydrogen-bond donors (Lipinski definition) is 0. The maximum absolute atomic E-state index is 4.09. The first kappa shape index (κ1) is 36.2. The van der Waals surface area contributed by atoms with E-state index in [-0.39, 0.29) is 12.1 Å². The first-order chi connectivity index (χ1) is 19.3. The Morgan fingerprint density at radius 1 is 0.950 bits per heavy atom. The van der Waals surface area contributed by atoms with E-state index in [4.69, 9.17) is 0 Å². The highest BCUT2D eigenvalue weighted by molar-refractivity contribution is 5.61. The van der Waals surface area contributed by atoms with E-state index in [0.717, 1.165) is 24.0 Å². The van der Waals surface area contributed by atoms with Gasteiger partial charge in [-0.25, -0.2) is 0 Å². The van der Waals surface area contributed by atoms with Crippen molar-refractivity contribution >= 4 is 5.57 Å². The number of nitrogens with zero attached hydrogens (tertiary/aromatic N) is 1. The molecule has 0 amide bonds. The smallest absolute Gasteiger partial charge is 0.0583 e. The van der Waals surface area contributed by atoms with Crippen molar-refractivity contribution in [2.45, 2.75) is 73.4 Å². The molecule has 1 aliphatic carbocycles. The second-order valence-corrected chi connectivity index (χ2v) is 9.29. The average molecular weight is 536 g/mol. The van der Waals surface area contributed by atoms with E-state index in [0.29, 0.717) is 0 Å². The highest BCUT2D eigenvalue weighted by Crippen LogP contribution is 2.29. The van der Waals surface area contributed by atoms with Crippen molar-refractivity contribution in [1.29, 1.82) is 0 Å². The van der Waals surface area contributed by atoms with Gasteiger partial charge in [-0.05, 0) is 76.3 Å². The molecule has 1 aliphatic rings. The van der Waals surface area contributed by atoms with Gasteiger partial charge in [0.25, 0.3) is 0 Å². The van der Waals surface area contributed by atoms with Gasteiger partial charge in [-0.1, -0.05) is 148 Å². The first-order valence-electron chi connectivity index (χ1n) is 14.4. The summed E-state index contributed by atoms with van der Waals surface area (Å²) in [4.78, 5) is 2.52. The van der Waals surface area contributed by atoms with Crippen LogP contribution in [-0.4, -0.2) is 17.0 Å². The Balaban J connectivity index is 0.00000168. The molecule has 0 saturated heterocycles. The van der Waals surface area contributed by atoms with Gasteiger partial charge in [-0.15, -0.1) is 0 Å². The molecule has 0 heterocycles. The van der Waals surface area contributed by atoms with Crippen molar-refractivity contribution in [2.24, 2.45) is 0 Å². The van der Waals surface area contributed by atoms with Gasteiger partial charge < -0.3 is 4.90 Å². The minimum Gasteiger partial charge on any atom is -0.357 e. The molecule has 0 N–H and O–H groups in total. The lowest BCUT2D eigenvalue weighted by molar-refractivity contribution is 0.245. The van der Waals surface area contributed by atoms with Crippen LogP contribution in [-0.2, 0) is 6.42 Å². The molecule has 1 nitrogen and oxygen atoms in total. The average Bonchev–Trinajstić information content (AvgIpc) is 2.95. The zero-order valence-electron chi connectivity index (χ0n) is 26.2. The van der Waals surface area contributed by atoms with Crippen LogP contribution in [0.2, 0.25) is 0 Å². The van der Waals surface area contributed by atoms with Gasteiger partial charge in [-0.2, -0.15) is 0 Å². The van der Waals surface area contributed by atoms with Gasteiger partial charge in [0.15, 0.2) is 0 Å². The Hall–Kier alpha value is -3.84. The van der Waals surface area contributed by atoms with Crippen LogP contribution in [0.1, 0.15) is 66.0 Å². The van der Waals surface area contributed by atoms with Crippen molar-refractivity contribution in [1.82, 2.24) is 4.90 Å². The van der Waals surface area contributed by atoms with Crippen molar-refractivity contribution in [3.05, 3.63) is 164 Å². The minimum absolute atomic E-state index is 0.190. The maximum Gasteiger partial charge on any atom is 0.0583 e. The summed E-state index contributed by atoms with van der Waals surface area (Å²) in [6.45, 7) is 29.8. The van der Waals surface area contributed by atoms with Crippen LogP contribution in [0.5, 0.6) is 0 Å². The highest BCUT2D eigenvalue weighted by Gasteiger charge is 2.28. The summed E-state index contributed by atoms with van der Waals surface area (Å²) >= 11 is 0. The van der Waals surface area contributed by atoms with Gasteiger partial charge in [0.05, 0.1) is 12.1 Å². The molecule has 2 atom stereocenters. The monoisotopic (exact) mass is 535 g/mol. The van der Waals surface area contributed by atoms with E-state index in [1.165, 1.54) is 22.4 Å². The van der Waals surface area contributed by atoms with E-state index < -0.39 is 0 Å². The Morgan fingerprint density at radius 3 is 2.08 bits per heavy atom.